The lowest BCUT2D eigenvalue weighted by atomic mass is 10.1. The number of urea groups is 1. The van der Waals surface area contributed by atoms with Gasteiger partial charge < -0.3 is 21.3 Å². The number of carbonyl (C=O) groups is 1. The van der Waals surface area contributed by atoms with Crippen LogP contribution in [0.2, 0.25) is 0 Å². The molecule has 2 rings (SSSR count). The van der Waals surface area contributed by atoms with Crippen LogP contribution in [-0.4, -0.2) is 49.1 Å². The molecule has 120 valence electrons. The second kappa shape index (κ2) is 8.10. The van der Waals surface area contributed by atoms with Gasteiger partial charge in [-0.15, -0.1) is 0 Å². The first kappa shape index (κ1) is 15.9. The molecule has 6 heteroatoms. The summed E-state index contributed by atoms with van der Waals surface area (Å²) < 4.78 is 0. The highest BCUT2D eigenvalue weighted by atomic mass is 16.2. The van der Waals surface area contributed by atoms with Crippen molar-refractivity contribution < 1.29 is 4.79 Å². The van der Waals surface area contributed by atoms with Gasteiger partial charge in [0, 0.05) is 32.2 Å². The summed E-state index contributed by atoms with van der Waals surface area (Å²) in [5.41, 5.74) is 5.30. The highest BCUT2D eigenvalue weighted by Gasteiger charge is 2.22. The number of hydrogen-bond donors (Lipinski definition) is 3. The van der Waals surface area contributed by atoms with Gasteiger partial charge in [0.15, 0.2) is 5.96 Å². The average Bonchev–Trinajstić information content (AvgIpc) is 3.28. The molecule has 1 saturated heterocycles. The number of nitrogens with zero attached hydrogens (tertiary/aromatic N) is 2. The second-order valence-electron chi connectivity index (χ2n) is 6.09. The summed E-state index contributed by atoms with van der Waals surface area (Å²) in [5.74, 6) is 1.89. The van der Waals surface area contributed by atoms with E-state index in [4.69, 9.17) is 5.73 Å². The standard InChI is InChI=1S/C15H29N5O/c1-2-17-15(18-9-3-4-12-5-6-12)19-13-7-10-20(11-8-13)14(16)21/h12-13H,2-11H2,1H3,(H2,16,21)(H2,17,18,19). The molecule has 0 radical (unpaired) electrons. The molecule has 1 saturated carbocycles. The van der Waals surface area contributed by atoms with E-state index >= 15 is 0 Å². The number of primary amides is 1. The van der Waals surface area contributed by atoms with Crippen LogP contribution in [0.15, 0.2) is 4.99 Å². The maximum absolute atomic E-state index is 11.1. The molecule has 2 amide bonds. The lowest BCUT2D eigenvalue weighted by molar-refractivity contribution is 0.188. The van der Waals surface area contributed by atoms with Crippen LogP contribution in [0.5, 0.6) is 0 Å². The van der Waals surface area contributed by atoms with E-state index in [0.717, 1.165) is 50.9 Å². The van der Waals surface area contributed by atoms with Crippen LogP contribution >= 0.6 is 0 Å². The molecule has 0 aromatic heterocycles. The highest BCUT2D eigenvalue weighted by Crippen LogP contribution is 2.33. The van der Waals surface area contributed by atoms with Crippen LogP contribution < -0.4 is 16.4 Å². The number of guanidine groups is 1. The lowest BCUT2D eigenvalue weighted by Crippen LogP contribution is -2.50. The van der Waals surface area contributed by atoms with E-state index in [1.54, 1.807) is 4.90 Å². The van der Waals surface area contributed by atoms with E-state index in [-0.39, 0.29) is 6.03 Å². The zero-order valence-corrected chi connectivity index (χ0v) is 13.1. The summed E-state index contributed by atoms with van der Waals surface area (Å²) in [6, 6.07) is 0.0657. The normalized spacial score (nSPS) is 20.4. The summed E-state index contributed by atoms with van der Waals surface area (Å²) in [6.45, 7) is 5.31. The number of nitrogens with one attached hydrogen (secondary N) is 2. The van der Waals surface area contributed by atoms with Crippen molar-refractivity contribution in [2.75, 3.05) is 26.2 Å². The maximum Gasteiger partial charge on any atom is 0.314 e. The quantitative estimate of drug-likeness (QED) is 0.392. The first-order valence-electron chi connectivity index (χ1n) is 8.28. The summed E-state index contributed by atoms with van der Waals surface area (Å²) in [6.07, 6.45) is 7.19. The molecule has 0 aromatic rings. The number of carbonyl (C=O) groups excluding carboxylic acids is 1. The Morgan fingerprint density at radius 3 is 2.57 bits per heavy atom. The molecule has 1 aliphatic heterocycles. The second-order valence-corrected chi connectivity index (χ2v) is 6.09. The number of piperidine rings is 1. The Balaban J connectivity index is 1.70. The summed E-state index contributed by atoms with van der Waals surface area (Å²) in [7, 11) is 0. The van der Waals surface area contributed by atoms with Gasteiger partial charge in [-0.25, -0.2) is 4.79 Å². The third kappa shape index (κ3) is 5.81. The van der Waals surface area contributed by atoms with E-state index in [1.165, 1.54) is 25.7 Å². The zero-order chi connectivity index (χ0) is 15.1. The fourth-order valence-electron chi connectivity index (χ4n) is 2.73. The summed E-state index contributed by atoms with van der Waals surface area (Å²) >= 11 is 0. The van der Waals surface area contributed by atoms with Gasteiger partial charge in [0.2, 0.25) is 0 Å². The number of rotatable bonds is 6. The maximum atomic E-state index is 11.1. The van der Waals surface area contributed by atoms with Crippen molar-refractivity contribution in [2.45, 2.75) is 51.5 Å². The first-order valence-corrected chi connectivity index (χ1v) is 8.28. The topological polar surface area (TPSA) is 82.8 Å². The predicted octanol–water partition coefficient (Wildman–Crippen LogP) is 1.27. The largest absolute Gasteiger partial charge is 0.357 e. The van der Waals surface area contributed by atoms with Crippen LogP contribution in [0, 0.1) is 5.92 Å². The van der Waals surface area contributed by atoms with Crippen molar-refractivity contribution >= 4 is 12.0 Å². The van der Waals surface area contributed by atoms with Crippen LogP contribution in [-0.2, 0) is 0 Å². The van der Waals surface area contributed by atoms with E-state index in [2.05, 4.69) is 22.5 Å². The van der Waals surface area contributed by atoms with Crippen molar-refractivity contribution in [1.82, 2.24) is 15.5 Å². The van der Waals surface area contributed by atoms with E-state index in [1.807, 2.05) is 0 Å². The van der Waals surface area contributed by atoms with Crippen molar-refractivity contribution in [1.29, 1.82) is 0 Å². The van der Waals surface area contributed by atoms with Crippen LogP contribution in [0.25, 0.3) is 0 Å². The molecule has 1 heterocycles. The Bertz CT molecular complexity index is 359. The molecule has 6 nitrogen and oxygen atoms in total. The van der Waals surface area contributed by atoms with Crippen LogP contribution in [0.3, 0.4) is 0 Å². The van der Waals surface area contributed by atoms with E-state index in [9.17, 15) is 4.79 Å². The number of nitrogens with two attached hydrogens (primary N) is 1. The van der Waals surface area contributed by atoms with Gasteiger partial charge >= 0.3 is 6.03 Å². The van der Waals surface area contributed by atoms with Gasteiger partial charge in [0.05, 0.1) is 0 Å². The Kier molecular flexibility index (Phi) is 6.14. The Morgan fingerprint density at radius 1 is 1.29 bits per heavy atom. The SMILES string of the molecule is CCNC(=NCCCC1CC1)NC1CCN(C(N)=O)CC1. The van der Waals surface area contributed by atoms with Crippen LogP contribution in [0.4, 0.5) is 4.79 Å². The number of aliphatic imine (C=N–C) groups is 1. The highest BCUT2D eigenvalue weighted by molar-refractivity contribution is 5.80. The molecule has 0 spiro atoms. The number of likely N-dealkylation sites (tertiary alicyclic amines) is 1. The minimum Gasteiger partial charge on any atom is -0.357 e. The molecule has 0 atom stereocenters. The smallest absolute Gasteiger partial charge is 0.314 e. The molecular formula is C15H29N5O. The van der Waals surface area contributed by atoms with E-state index < -0.39 is 0 Å². The fraction of sp³-hybridized carbons (Fsp3) is 0.867. The molecule has 0 unspecified atom stereocenters. The van der Waals surface area contributed by atoms with Crippen molar-refractivity contribution in [3.8, 4) is 0 Å². The average molecular weight is 295 g/mol. The molecule has 21 heavy (non-hydrogen) atoms. The number of amides is 2. The molecular weight excluding hydrogens is 266 g/mol. The molecule has 0 aromatic carbocycles. The Labute approximate surface area is 127 Å². The number of hydrogen-bond acceptors (Lipinski definition) is 2. The minimum absolute atomic E-state index is 0.311. The summed E-state index contributed by atoms with van der Waals surface area (Å²) in [4.78, 5) is 17.5. The molecule has 2 aliphatic rings. The van der Waals surface area contributed by atoms with Crippen molar-refractivity contribution in [2.24, 2.45) is 16.6 Å². The van der Waals surface area contributed by atoms with Gasteiger partial charge in [-0.3, -0.25) is 4.99 Å². The third-order valence-corrected chi connectivity index (χ3v) is 4.23. The Hall–Kier alpha value is -1.46. The van der Waals surface area contributed by atoms with Crippen molar-refractivity contribution in [3.63, 3.8) is 0 Å². The first-order chi connectivity index (χ1) is 10.2. The third-order valence-electron chi connectivity index (χ3n) is 4.23. The Morgan fingerprint density at radius 2 is 2.00 bits per heavy atom. The predicted molar refractivity (Wildman–Crippen MR) is 85.3 cm³/mol. The zero-order valence-electron chi connectivity index (χ0n) is 13.1. The fourth-order valence-corrected chi connectivity index (χ4v) is 2.73. The van der Waals surface area contributed by atoms with E-state index in [0.29, 0.717) is 6.04 Å². The van der Waals surface area contributed by atoms with Gasteiger partial charge in [-0.05, 0) is 38.5 Å². The molecule has 4 N–H and O–H groups in total. The van der Waals surface area contributed by atoms with Gasteiger partial charge in [0.1, 0.15) is 0 Å². The van der Waals surface area contributed by atoms with Gasteiger partial charge in [-0.2, -0.15) is 0 Å². The summed E-state index contributed by atoms with van der Waals surface area (Å²) in [5, 5.41) is 6.78. The minimum atomic E-state index is -0.311. The monoisotopic (exact) mass is 295 g/mol. The van der Waals surface area contributed by atoms with Crippen LogP contribution in [0.1, 0.15) is 45.4 Å². The molecule has 2 fully saturated rings. The molecule has 0 bridgehead atoms. The lowest BCUT2D eigenvalue weighted by Gasteiger charge is -2.32. The van der Waals surface area contributed by atoms with Gasteiger partial charge in [0.25, 0.3) is 0 Å². The molecule has 1 aliphatic carbocycles. The van der Waals surface area contributed by atoms with Gasteiger partial charge in [-0.1, -0.05) is 12.8 Å². The van der Waals surface area contributed by atoms with Crippen molar-refractivity contribution in [3.05, 3.63) is 0 Å².